The molecule has 1 fully saturated rings. The Morgan fingerprint density at radius 1 is 1.43 bits per heavy atom. The number of nitrogens with zero attached hydrogens (tertiary/aromatic N) is 2. The van der Waals surface area contributed by atoms with Crippen LogP contribution in [0.3, 0.4) is 0 Å². The number of rotatable bonds is 3. The fourth-order valence-corrected chi connectivity index (χ4v) is 2.69. The first-order valence-corrected chi connectivity index (χ1v) is 6.79. The highest BCUT2D eigenvalue weighted by Gasteiger charge is 2.47. The van der Waals surface area contributed by atoms with E-state index in [1.165, 1.54) is 24.4 Å². The number of nitrogens with one attached hydrogen (secondary N) is 1. The van der Waals surface area contributed by atoms with Gasteiger partial charge in [-0.15, -0.1) is 0 Å². The predicted molar refractivity (Wildman–Crippen MR) is 76.9 cm³/mol. The number of H-pyrrole nitrogens is 1. The Hall–Kier alpha value is -2.97. The van der Waals surface area contributed by atoms with E-state index in [0.717, 1.165) is 4.90 Å². The van der Waals surface area contributed by atoms with E-state index in [1.54, 1.807) is 0 Å². The van der Waals surface area contributed by atoms with Gasteiger partial charge >= 0.3 is 5.97 Å². The number of aromatic nitrogens is 1. The van der Waals surface area contributed by atoms with Gasteiger partial charge in [-0.05, 0) is 6.07 Å². The van der Waals surface area contributed by atoms with E-state index in [9.17, 15) is 24.1 Å². The molecule has 1 saturated heterocycles. The first kappa shape index (κ1) is 14.9. The molecule has 23 heavy (non-hydrogen) atoms. The van der Waals surface area contributed by atoms with E-state index >= 15 is 0 Å². The highest BCUT2D eigenvalue weighted by atomic mass is 19.1. The summed E-state index contributed by atoms with van der Waals surface area (Å²) < 4.78 is 14.1. The van der Waals surface area contributed by atoms with Gasteiger partial charge in [0, 0.05) is 42.2 Å². The molecule has 2 aromatic rings. The summed E-state index contributed by atoms with van der Waals surface area (Å²) in [5.74, 6) is -2.15. The minimum atomic E-state index is -2.45. The van der Waals surface area contributed by atoms with Gasteiger partial charge < -0.3 is 15.0 Å². The predicted octanol–water partition coefficient (Wildman–Crippen LogP) is 1.71. The van der Waals surface area contributed by atoms with Gasteiger partial charge in [0.05, 0.1) is 17.0 Å². The molecule has 1 aromatic carbocycles. The zero-order valence-electron chi connectivity index (χ0n) is 11.8. The number of nitro groups is 1. The van der Waals surface area contributed by atoms with E-state index in [-0.39, 0.29) is 24.2 Å². The SMILES string of the molecule is O=C(c1c[nH]c2ccc([N+](=O)[O-])cc12)N1CCC(F)(C(=O)O)C1. The number of hydrogen-bond acceptors (Lipinski definition) is 4. The molecule has 2 N–H and O–H groups in total. The lowest BCUT2D eigenvalue weighted by Gasteiger charge is -2.17. The van der Waals surface area contributed by atoms with E-state index in [4.69, 9.17) is 5.11 Å². The number of benzene rings is 1. The first-order valence-electron chi connectivity index (χ1n) is 6.79. The minimum Gasteiger partial charge on any atom is -0.479 e. The third kappa shape index (κ3) is 2.39. The van der Waals surface area contributed by atoms with Crippen molar-refractivity contribution in [2.45, 2.75) is 12.1 Å². The summed E-state index contributed by atoms with van der Waals surface area (Å²) in [7, 11) is 0. The van der Waals surface area contributed by atoms with Crippen LogP contribution in [0.25, 0.3) is 10.9 Å². The fourth-order valence-electron chi connectivity index (χ4n) is 2.69. The Morgan fingerprint density at radius 3 is 2.78 bits per heavy atom. The van der Waals surface area contributed by atoms with Crippen LogP contribution >= 0.6 is 0 Å². The number of likely N-dealkylation sites (tertiary alicyclic amines) is 1. The molecule has 1 aromatic heterocycles. The number of alkyl halides is 1. The Morgan fingerprint density at radius 2 is 2.17 bits per heavy atom. The van der Waals surface area contributed by atoms with Crippen LogP contribution in [-0.2, 0) is 4.79 Å². The van der Waals surface area contributed by atoms with Crippen molar-refractivity contribution in [3.05, 3.63) is 40.1 Å². The quantitative estimate of drug-likeness (QED) is 0.659. The van der Waals surface area contributed by atoms with Crippen LogP contribution in [0.1, 0.15) is 16.8 Å². The van der Waals surface area contributed by atoms with Crippen LogP contribution in [0.2, 0.25) is 0 Å². The summed E-state index contributed by atoms with van der Waals surface area (Å²) in [4.78, 5) is 37.6. The van der Waals surface area contributed by atoms with Crippen molar-refractivity contribution in [3.8, 4) is 0 Å². The van der Waals surface area contributed by atoms with Gasteiger partial charge in [-0.25, -0.2) is 9.18 Å². The normalized spacial score (nSPS) is 20.8. The molecular weight excluding hydrogens is 309 g/mol. The second-order valence-corrected chi connectivity index (χ2v) is 5.44. The minimum absolute atomic E-state index is 0.0246. The Bertz CT molecular complexity index is 833. The number of non-ortho nitro benzene ring substituents is 1. The van der Waals surface area contributed by atoms with Crippen molar-refractivity contribution in [2.75, 3.05) is 13.1 Å². The van der Waals surface area contributed by atoms with Gasteiger partial charge in [0.1, 0.15) is 0 Å². The van der Waals surface area contributed by atoms with Gasteiger partial charge in [-0.3, -0.25) is 14.9 Å². The molecule has 0 radical (unpaired) electrons. The third-order valence-corrected chi connectivity index (χ3v) is 4.00. The topological polar surface area (TPSA) is 117 Å². The van der Waals surface area contributed by atoms with Gasteiger partial charge in [-0.2, -0.15) is 0 Å². The number of amides is 1. The van der Waals surface area contributed by atoms with Crippen molar-refractivity contribution in [1.29, 1.82) is 0 Å². The van der Waals surface area contributed by atoms with Crippen LogP contribution in [0.4, 0.5) is 10.1 Å². The van der Waals surface area contributed by atoms with Crippen molar-refractivity contribution in [1.82, 2.24) is 9.88 Å². The van der Waals surface area contributed by atoms with E-state index in [1.807, 2.05) is 0 Å². The molecule has 1 amide bonds. The fraction of sp³-hybridized carbons (Fsp3) is 0.286. The molecule has 8 nitrogen and oxygen atoms in total. The lowest BCUT2D eigenvalue weighted by Crippen LogP contribution is -2.38. The molecule has 1 unspecified atom stereocenters. The zero-order chi connectivity index (χ0) is 16.8. The molecule has 3 rings (SSSR count). The highest BCUT2D eigenvalue weighted by molar-refractivity contribution is 6.07. The average Bonchev–Trinajstić information content (AvgIpc) is 3.10. The highest BCUT2D eigenvalue weighted by Crippen LogP contribution is 2.30. The van der Waals surface area contributed by atoms with E-state index in [0.29, 0.717) is 10.9 Å². The average molecular weight is 321 g/mol. The maximum absolute atomic E-state index is 14.1. The number of carboxylic acid groups (broad SMARTS) is 1. The number of aliphatic carboxylic acids is 1. The maximum atomic E-state index is 14.1. The summed E-state index contributed by atoms with van der Waals surface area (Å²) in [6.45, 7) is -0.563. The molecule has 1 atom stereocenters. The molecular formula is C14H12FN3O5. The number of fused-ring (bicyclic) bond motifs is 1. The summed E-state index contributed by atoms with van der Waals surface area (Å²) in [6, 6.07) is 4.04. The Balaban J connectivity index is 1.94. The number of halogens is 1. The number of hydrogen-bond donors (Lipinski definition) is 2. The smallest absolute Gasteiger partial charge is 0.343 e. The van der Waals surface area contributed by atoms with Crippen LogP contribution in [0.15, 0.2) is 24.4 Å². The van der Waals surface area contributed by atoms with Crippen LogP contribution in [0.5, 0.6) is 0 Å². The van der Waals surface area contributed by atoms with Crippen LogP contribution in [-0.4, -0.2) is 50.5 Å². The van der Waals surface area contributed by atoms with Crippen molar-refractivity contribution < 1.29 is 24.0 Å². The molecule has 0 spiro atoms. The summed E-state index contributed by atoms with van der Waals surface area (Å²) in [5, 5.41) is 20.1. The number of aromatic amines is 1. The second kappa shape index (κ2) is 5.04. The van der Waals surface area contributed by atoms with Gasteiger partial charge in [0.25, 0.3) is 11.6 Å². The summed E-state index contributed by atoms with van der Waals surface area (Å²) >= 11 is 0. The molecule has 0 aliphatic carbocycles. The molecule has 2 heterocycles. The van der Waals surface area contributed by atoms with Gasteiger partial charge in [-0.1, -0.05) is 0 Å². The van der Waals surface area contributed by atoms with E-state index in [2.05, 4.69) is 4.98 Å². The molecule has 120 valence electrons. The maximum Gasteiger partial charge on any atom is 0.343 e. The molecule has 0 saturated carbocycles. The molecule has 9 heteroatoms. The first-order chi connectivity index (χ1) is 10.8. The monoisotopic (exact) mass is 321 g/mol. The second-order valence-electron chi connectivity index (χ2n) is 5.44. The number of carboxylic acids is 1. The van der Waals surface area contributed by atoms with Gasteiger partial charge in [0.2, 0.25) is 5.67 Å². The molecule has 1 aliphatic heterocycles. The van der Waals surface area contributed by atoms with Crippen molar-refractivity contribution in [2.24, 2.45) is 0 Å². The van der Waals surface area contributed by atoms with E-state index < -0.39 is 29.0 Å². The largest absolute Gasteiger partial charge is 0.479 e. The number of nitro benzene ring substituents is 1. The van der Waals surface area contributed by atoms with Crippen LogP contribution in [0, 0.1) is 10.1 Å². The third-order valence-electron chi connectivity index (χ3n) is 4.00. The van der Waals surface area contributed by atoms with Crippen LogP contribution < -0.4 is 0 Å². The number of carbonyl (C=O) groups excluding carboxylic acids is 1. The zero-order valence-corrected chi connectivity index (χ0v) is 11.8. The molecule has 0 bridgehead atoms. The lowest BCUT2D eigenvalue weighted by atomic mass is 10.1. The standard InChI is InChI=1S/C14H12FN3O5/c15-14(13(20)21)3-4-17(7-14)12(19)10-6-16-11-2-1-8(18(22)23)5-9(10)11/h1-2,5-6,16H,3-4,7H2,(H,20,21). The molecule has 1 aliphatic rings. The number of carbonyl (C=O) groups is 2. The Labute approximate surface area is 128 Å². The van der Waals surface area contributed by atoms with Crippen molar-refractivity contribution in [3.63, 3.8) is 0 Å². The van der Waals surface area contributed by atoms with Crippen molar-refractivity contribution >= 4 is 28.5 Å². The van der Waals surface area contributed by atoms with Gasteiger partial charge in [0.15, 0.2) is 0 Å². The lowest BCUT2D eigenvalue weighted by molar-refractivity contribution is -0.384. The summed E-state index contributed by atoms with van der Waals surface area (Å²) in [5.41, 5.74) is -1.94. The Kier molecular flexibility index (Phi) is 3.28. The summed E-state index contributed by atoms with van der Waals surface area (Å²) in [6.07, 6.45) is 1.10.